The number of amides is 1. The summed E-state index contributed by atoms with van der Waals surface area (Å²) >= 11 is 0. The second-order valence-corrected chi connectivity index (χ2v) is 23.9. The van der Waals surface area contributed by atoms with Gasteiger partial charge in [-0.15, -0.1) is 0 Å². The molecule has 1 saturated heterocycles. The highest BCUT2D eigenvalue weighted by Gasteiger charge is 2.44. The van der Waals surface area contributed by atoms with Gasteiger partial charge < -0.3 is 40.3 Å². The van der Waals surface area contributed by atoms with Crippen molar-refractivity contribution >= 4 is 5.91 Å². The van der Waals surface area contributed by atoms with Gasteiger partial charge >= 0.3 is 0 Å². The standard InChI is InChI=1S/C81H131NO8/c1-3-5-7-9-11-13-15-17-19-21-23-25-27-29-31-33-34-35-36-37-38-39-40-41-42-43-45-47-49-51-53-55-57-59-61-63-65-67-69-71-77(85)82-74(73-89-81-80(88)79(87)78(86)76(72-83)90-81)75(84)70-68-66-64-62-60-58-56-54-52-50-48-46-44-32-30-28-26-24-22-20-18-16-14-12-10-8-6-4-2/h5,7,11,13,17,19,23,25,29,31,34-35,37-38,40-41,43,45,49,51-52,54-55,57,60-63,68,70,74-76,78-81,83-84,86-88H,3-4,6,8-10,12,14-16,18,20-22,24,26-28,30,32-33,36,39,42,44,46-48,50,53,56,58-59,64-67,69,71-73H2,1-2H3,(H,82,85)/b7-5-,13-11-,19-17-,25-23-,31-29-,35-34-,38-37-,41-40-,45-43-,51-49-,54-52+,57-55-,62-60+,63-61-,70-68+. The molecule has 1 amide bonds. The zero-order chi connectivity index (χ0) is 64.9. The van der Waals surface area contributed by atoms with E-state index in [4.69, 9.17) is 9.47 Å². The molecule has 0 aromatic heterocycles. The maximum absolute atomic E-state index is 13.1. The lowest BCUT2D eigenvalue weighted by molar-refractivity contribution is -0.302. The lowest BCUT2D eigenvalue weighted by Gasteiger charge is -2.40. The Kier molecular flexibility index (Phi) is 62.2. The van der Waals surface area contributed by atoms with E-state index in [9.17, 15) is 30.3 Å². The lowest BCUT2D eigenvalue weighted by Crippen LogP contribution is -2.60. The zero-order valence-electron chi connectivity index (χ0n) is 56.8. The van der Waals surface area contributed by atoms with Gasteiger partial charge in [0.2, 0.25) is 5.91 Å². The van der Waals surface area contributed by atoms with Crippen LogP contribution >= 0.6 is 0 Å². The van der Waals surface area contributed by atoms with Crippen LogP contribution in [0.3, 0.4) is 0 Å². The van der Waals surface area contributed by atoms with Crippen molar-refractivity contribution in [3.05, 3.63) is 182 Å². The number of rotatable bonds is 60. The fraction of sp³-hybridized carbons (Fsp3) is 0.617. The molecule has 9 nitrogen and oxygen atoms in total. The summed E-state index contributed by atoms with van der Waals surface area (Å²) in [6.45, 7) is 3.63. The van der Waals surface area contributed by atoms with E-state index in [-0.39, 0.29) is 18.9 Å². The van der Waals surface area contributed by atoms with Crippen molar-refractivity contribution < 1.29 is 39.8 Å². The van der Waals surface area contributed by atoms with Gasteiger partial charge in [0.15, 0.2) is 6.29 Å². The van der Waals surface area contributed by atoms with Crippen LogP contribution in [0, 0.1) is 0 Å². The van der Waals surface area contributed by atoms with Gasteiger partial charge in [0, 0.05) is 6.42 Å². The Bertz CT molecular complexity index is 2080. The molecule has 0 aliphatic carbocycles. The summed E-state index contributed by atoms with van der Waals surface area (Å²) < 4.78 is 11.3. The molecular weight excluding hydrogens is 1110 g/mol. The van der Waals surface area contributed by atoms with Crippen molar-refractivity contribution in [2.75, 3.05) is 13.2 Å². The van der Waals surface area contributed by atoms with Gasteiger partial charge in [0.25, 0.3) is 0 Å². The number of nitrogens with one attached hydrogen (secondary N) is 1. The molecule has 6 N–H and O–H groups in total. The summed E-state index contributed by atoms with van der Waals surface area (Å²) in [5.41, 5.74) is 0. The molecule has 1 fully saturated rings. The predicted molar refractivity (Wildman–Crippen MR) is 386 cm³/mol. The second kappa shape index (κ2) is 67.2. The molecule has 9 heteroatoms. The third-order valence-corrected chi connectivity index (χ3v) is 15.7. The minimum Gasteiger partial charge on any atom is -0.394 e. The SMILES string of the molecule is CC/C=C\C/C=C\C/C=C\C/C=C\C/C=C\C/C=C\C/C=C\C/C=C\C/C=C\C/C=C\C/C=C\C/C=C\CCCCC(=O)NC(COC1OC(CO)C(O)C(O)C1O)C(O)/C=C/CC/C=C/CC/C=C/CCCCCCCCCCCCCCCCCCCC. The van der Waals surface area contributed by atoms with Crippen molar-refractivity contribution in [1.29, 1.82) is 0 Å². The van der Waals surface area contributed by atoms with Gasteiger partial charge in [-0.3, -0.25) is 4.79 Å². The van der Waals surface area contributed by atoms with E-state index in [1.165, 1.54) is 116 Å². The molecule has 1 aliphatic rings. The molecular formula is C81H131NO8. The first-order valence-electron chi connectivity index (χ1n) is 36.0. The van der Waals surface area contributed by atoms with Crippen LogP contribution in [0.5, 0.6) is 0 Å². The first-order valence-corrected chi connectivity index (χ1v) is 36.0. The van der Waals surface area contributed by atoms with Gasteiger partial charge in [-0.25, -0.2) is 0 Å². The number of unbranched alkanes of at least 4 members (excludes halogenated alkanes) is 22. The van der Waals surface area contributed by atoms with E-state index in [0.717, 1.165) is 116 Å². The topological polar surface area (TPSA) is 149 Å². The fourth-order valence-electron chi connectivity index (χ4n) is 10.1. The molecule has 0 spiro atoms. The monoisotopic (exact) mass is 1250 g/mol. The van der Waals surface area contributed by atoms with E-state index in [0.29, 0.717) is 12.8 Å². The predicted octanol–water partition coefficient (Wildman–Crippen LogP) is 20.2. The van der Waals surface area contributed by atoms with Crippen molar-refractivity contribution in [3.8, 4) is 0 Å². The normalized spacial score (nSPS) is 18.9. The van der Waals surface area contributed by atoms with Crippen LogP contribution in [-0.4, -0.2) is 87.5 Å². The highest BCUT2D eigenvalue weighted by molar-refractivity contribution is 5.76. The van der Waals surface area contributed by atoms with Crippen molar-refractivity contribution in [2.24, 2.45) is 0 Å². The molecule has 0 aromatic carbocycles. The van der Waals surface area contributed by atoms with Crippen LogP contribution in [0.2, 0.25) is 0 Å². The van der Waals surface area contributed by atoms with Crippen LogP contribution in [-0.2, 0) is 14.3 Å². The lowest BCUT2D eigenvalue weighted by atomic mass is 9.99. The Morgan fingerprint density at radius 1 is 0.389 bits per heavy atom. The summed E-state index contributed by atoms with van der Waals surface area (Å²) in [4.78, 5) is 13.1. The van der Waals surface area contributed by atoms with E-state index >= 15 is 0 Å². The summed E-state index contributed by atoms with van der Waals surface area (Å²) in [7, 11) is 0. The first kappa shape index (κ1) is 83.3. The molecule has 0 aromatic rings. The number of carbonyl (C=O) groups is 1. The largest absolute Gasteiger partial charge is 0.394 e. The molecule has 0 saturated carbocycles. The fourth-order valence-corrected chi connectivity index (χ4v) is 10.1. The number of aliphatic hydroxyl groups is 5. The van der Waals surface area contributed by atoms with Crippen LogP contribution in [0.15, 0.2) is 182 Å². The first-order chi connectivity index (χ1) is 44.3. The van der Waals surface area contributed by atoms with Gasteiger partial charge in [0.05, 0.1) is 25.4 Å². The van der Waals surface area contributed by atoms with Gasteiger partial charge in [0.1, 0.15) is 24.4 Å². The third-order valence-electron chi connectivity index (χ3n) is 15.7. The van der Waals surface area contributed by atoms with E-state index in [1.807, 2.05) is 6.08 Å². The maximum Gasteiger partial charge on any atom is 0.220 e. The average molecular weight is 1250 g/mol. The van der Waals surface area contributed by atoms with Crippen LogP contribution in [0.25, 0.3) is 0 Å². The molecule has 0 radical (unpaired) electrons. The molecule has 0 bridgehead atoms. The number of carbonyl (C=O) groups excluding carboxylic acids is 1. The Morgan fingerprint density at radius 3 is 1.07 bits per heavy atom. The number of hydrogen-bond donors (Lipinski definition) is 6. The Hall–Kier alpha value is -4.71. The summed E-state index contributed by atoms with van der Waals surface area (Å²) in [5, 5.41) is 54.7. The smallest absolute Gasteiger partial charge is 0.220 e. The van der Waals surface area contributed by atoms with Crippen LogP contribution in [0.1, 0.15) is 264 Å². The van der Waals surface area contributed by atoms with Crippen molar-refractivity contribution in [2.45, 2.75) is 307 Å². The van der Waals surface area contributed by atoms with Gasteiger partial charge in [-0.05, 0) is 135 Å². The van der Waals surface area contributed by atoms with Crippen LogP contribution in [0.4, 0.5) is 0 Å². The number of aliphatic hydroxyl groups excluding tert-OH is 5. The number of allylic oxidation sites excluding steroid dienone is 29. The van der Waals surface area contributed by atoms with Crippen molar-refractivity contribution in [1.82, 2.24) is 5.32 Å². The Morgan fingerprint density at radius 2 is 0.700 bits per heavy atom. The molecule has 7 unspecified atom stereocenters. The highest BCUT2D eigenvalue weighted by atomic mass is 16.7. The van der Waals surface area contributed by atoms with Gasteiger partial charge in [-0.1, -0.05) is 305 Å². The van der Waals surface area contributed by atoms with E-state index in [1.54, 1.807) is 6.08 Å². The minimum atomic E-state index is -1.60. The number of hydrogen-bond acceptors (Lipinski definition) is 8. The molecule has 90 heavy (non-hydrogen) atoms. The summed E-state index contributed by atoms with van der Waals surface area (Å²) in [6.07, 6.45) is 101. The molecule has 7 atom stereocenters. The van der Waals surface area contributed by atoms with Crippen LogP contribution < -0.4 is 5.32 Å². The maximum atomic E-state index is 13.1. The molecule has 1 heterocycles. The summed E-state index contributed by atoms with van der Waals surface area (Å²) in [6, 6.07) is -0.868. The quantitative estimate of drug-likeness (QED) is 0.0261. The Balaban J connectivity index is 2.24. The third kappa shape index (κ3) is 55.0. The molecule has 508 valence electrons. The second-order valence-electron chi connectivity index (χ2n) is 23.9. The van der Waals surface area contributed by atoms with E-state index < -0.39 is 49.5 Å². The number of ether oxygens (including phenoxy) is 2. The van der Waals surface area contributed by atoms with Gasteiger partial charge in [-0.2, -0.15) is 0 Å². The van der Waals surface area contributed by atoms with Crippen molar-refractivity contribution in [3.63, 3.8) is 0 Å². The highest BCUT2D eigenvalue weighted by Crippen LogP contribution is 2.23. The zero-order valence-corrected chi connectivity index (χ0v) is 56.8. The average Bonchev–Trinajstić information content (AvgIpc) is 2.75. The van der Waals surface area contributed by atoms with E-state index in [2.05, 4.69) is 189 Å². The Labute approximate surface area is 550 Å². The summed E-state index contributed by atoms with van der Waals surface area (Å²) in [5.74, 6) is -0.239. The molecule has 1 rings (SSSR count). The minimum absolute atomic E-state index is 0.236. The molecule has 1 aliphatic heterocycles.